The second-order valence-corrected chi connectivity index (χ2v) is 4.46. The summed E-state index contributed by atoms with van der Waals surface area (Å²) < 4.78 is 5.05. The molecule has 0 aliphatic carbocycles. The summed E-state index contributed by atoms with van der Waals surface area (Å²) in [6, 6.07) is 0.339. The van der Waals surface area contributed by atoms with Gasteiger partial charge in [-0.05, 0) is 32.7 Å². The van der Waals surface area contributed by atoms with Crippen molar-refractivity contribution in [2.24, 2.45) is 0 Å². The van der Waals surface area contributed by atoms with Crippen LogP contribution in [0.15, 0.2) is 0 Å². The van der Waals surface area contributed by atoms with E-state index in [1.54, 1.807) is 7.11 Å². The van der Waals surface area contributed by atoms with Crippen LogP contribution in [0.25, 0.3) is 0 Å². The Hall–Kier alpha value is -0.610. The minimum atomic E-state index is 0.0462. The molecule has 0 spiro atoms. The first-order valence-corrected chi connectivity index (χ1v) is 6.23. The van der Waals surface area contributed by atoms with Gasteiger partial charge in [0.15, 0.2) is 0 Å². The van der Waals surface area contributed by atoms with Crippen molar-refractivity contribution in [1.29, 1.82) is 0 Å². The van der Waals surface area contributed by atoms with Crippen LogP contribution in [0.3, 0.4) is 0 Å². The van der Waals surface area contributed by atoms with Crippen molar-refractivity contribution >= 4 is 5.91 Å². The molecule has 1 saturated heterocycles. The van der Waals surface area contributed by atoms with Crippen LogP contribution >= 0.6 is 0 Å². The Bertz CT molecular complexity index is 221. The first-order valence-electron chi connectivity index (χ1n) is 6.23. The van der Waals surface area contributed by atoms with Gasteiger partial charge in [0.2, 0.25) is 5.91 Å². The molecule has 0 aromatic carbocycles. The summed E-state index contributed by atoms with van der Waals surface area (Å²) in [5.74, 6) is 0.261. The van der Waals surface area contributed by atoms with E-state index in [4.69, 9.17) is 4.74 Å². The van der Waals surface area contributed by atoms with Gasteiger partial charge in [-0.2, -0.15) is 0 Å². The van der Waals surface area contributed by atoms with Crippen molar-refractivity contribution in [3.63, 3.8) is 0 Å². The van der Waals surface area contributed by atoms with Gasteiger partial charge >= 0.3 is 0 Å². The monoisotopic (exact) mass is 228 g/mol. The maximum absolute atomic E-state index is 12.0. The number of nitrogens with zero attached hydrogens (tertiary/aromatic N) is 1. The Morgan fingerprint density at radius 2 is 2.38 bits per heavy atom. The summed E-state index contributed by atoms with van der Waals surface area (Å²) in [7, 11) is 1.70. The molecule has 1 rings (SSSR count). The molecule has 1 fully saturated rings. The van der Waals surface area contributed by atoms with Crippen LogP contribution in [0.1, 0.15) is 33.1 Å². The van der Waals surface area contributed by atoms with Crippen molar-refractivity contribution < 1.29 is 9.53 Å². The van der Waals surface area contributed by atoms with Gasteiger partial charge in [0, 0.05) is 26.3 Å². The van der Waals surface area contributed by atoms with Crippen molar-refractivity contribution in [2.75, 3.05) is 26.8 Å². The Morgan fingerprint density at radius 3 is 3.00 bits per heavy atom. The highest BCUT2D eigenvalue weighted by Gasteiger charge is 2.33. The van der Waals surface area contributed by atoms with Crippen LogP contribution in [0.4, 0.5) is 0 Å². The predicted molar refractivity (Wildman–Crippen MR) is 64.4 cm³/mol. The molecule has 94 valence electrons. The molecule has 1 aliphatic rings. The molecule has 0 aromatic rings. The first-order chi connectivity index (χ1) is 7.70. The summed E-state index contributed by atoms with van der Waals surface area (Å²) in [5.41, 5.74) is 0. The highest BCUT2D eigenvalue weighted by molar-refractivity contribution is 5.84. The molecular weight excluding hydrogens is 204 g/mol. The third-order valence-electron chi connectivity index (χ3n) is 3.15. The highest BCUT2D eigenvalue weighted by atomic mass is 16.5. The number of ether oxygens (including phenoxy) is 1. The van der Waals surface area contributed by atoms with Gasteiger partial charge in [0.25, 0.3) is 0 Å². The molecule has 2 atom stereocenters. The van der Waals surface area contributed by atoms with E-state index < -0.39 is 0 Å². The van der Waals surface area contributed by atoms with Gasteiger partial charge in [0.1, 0.15) is 0 Å². The maximum Gasteiger partial charge on any atom is 0.240 e. The quantitative estimate of drug-likeness (QED) is 0.707. The number of carbonyl (C=O) groups excluding carboxylic acids is 1. The summed E-state index contributed by atoms with van der Waals surface area (Å²) >= 11 is 0. The van der Waals surface area contributed by atoms with E-state index >= 15 is 0 Å². The molecule has 1 heterocycles. The van der Waals surface area contributed by atoms with Crippen LogP contribution in [0.2, 0.25) is 0 Å². The zero-order chi connectivity index (χ0) is 12.0. The van der Waals surface area contributed by atoms with Gasteiger partial charge in [-0.25, -0.2) is 0 Å². The lowest BCUT2D eigenvalue weighted by Crippen LogP contribution is -2.42. The summed E-state index contributed by atoms with van der Waals surface area (Å²) in [6.45, 7) is 6.74. The minimum absolute atomic E-state index is 0.0462. The van der Waals surface area contributed by atoms with Gasteiger partial charge in [-0.15, -0.1) is 0 Å². The lowest BCUT2D eigenvalue weighted by molar-refractivity contribution is -0.131. The molecule has 1 amide bonds. The summed E-state index contributed by atoms with van der Waals surface area (Å²) in [4.78, 5) is 14.0. The Labute approximate surface area is 98.3 Å². The third kappa shape index (κ3) is 3.46. The number of hydrogen-bond acceptors (Lipinski definition) is 3. The standard InChI is InChI=1S/C12H24N2O2/c1-4-7-13-11-5-8-14(12(11)15)10(2)6-9-16-3/h10-11,13H,4-9H2,1-3H3. The van der Waals surface area contributed by atoms with E-state index in [1.807, 2.05) is 4.90 Å². The average molecular weight is 228 g/mol. The van der Waals surface area contributed by atoms with E-state index in [-0.39, 0.29) is 11.9 Å². The van der Waals surface area contributed by atoms with E-state index in [2.05, 4.69) is 19.2 Å². The fourth-order valence-electron chi connectivity index (χ4n) is 2.09. The zero-order valence-electron chi connectivity index (χ0n) is 10.7. The SMILES string of the molecule is CCCNC1CCN(C(C)CCOC)C1=O. The predicted octanol–water partition coefficient (Wildman–Crippen LogP) is 1.01. The molecule has 4 heteroatoms. The second-order valence-electron chi connectivity index (χ2n) is 4.46. The maximum atomic E-state index is 12.0. The largest absolute Gasteiger partial charge is 0.385 e. The molecule has 4 nitrogen and oxygen atoms in total. The number of rotatable bonds is 7. The van der Waals surface area contributed by atoms with Crippen LogP contribution in [0.5, 0.6) is 0 Å². The average Bonchev–Trinajstić information content (AvgIpc) is 2.65. The molecule has 0 radical (unpaired) electrons. The topological polar surface area (TPSA) is 41.6 Å². The van der Waals surface area contributed by atoms with Crippen LogP contribution in [0, 0.1) is 0 Å². The van der Waals surface area contributed by atoms with Crippen molar-refractivity contribution in [3.8, 4) is 0 Å². The molecule has 1 aliphatic heterocycles. The normalized spacial score (nSPS) is 22.8. The smallest absolute Gasteiger partial charge is 0.240 e. The summed E-state index contributed by atoms with van der Waals surface area (Å²) in [5, 5.41) is 3.30. The first kappa shape index (κ1) is 13.5. The van der Waals surface area contributed by atoms with Gasteiger partial charge in [-0.3, -0.25) is 4.79 Å². The number of hydrogen-bond donors (Lipinski definition) is 1. The van der Waals surface area contributed by atoms with Crippen LogP contribution in [-0.4, -0.2) is 49.7 Å². The highest BCUT2D eigenvalue weighted by Crippen LogP contribution is 2.16. The number of likely N-dealkylation sites (tertiary alicyclic amines) is 1. The number of methoxy groups -OCH3 is 1. The molecule has 0 bridgehead atoms. The lowest BCUT2D eigenvalue weighted by atomic mass is 10.2. The molecule has 2 unspecified atom stereocenters. The Kier molecular flexibility index (Phi) is 5.77. The van der Waals surface area contributed by atoms with E-state index in [0.29, 0.717) is 6.04 Å². The number of amides is 1. The Balaban J connectivity index is 2.37. The second kappa shape index (κ2) is 6.86. The van der Waals surface area contributed by atoms with Crippen molar-refractivity contribution in [2.45, 2.75) is 45.2 Å². The van der Waals surface area contributed by atoms with Crippen molar-refractivity contribution in [1.82, 2.24) is 10.2 Å². The van der Waals surface area contributed by atoms with E-state index in [9.17, 15) is 4.79 Å². The number of nitrogens with one attached hydrogen (secondary N) is 1. The summed E-state index contributed by atoms with van der Waals surface area (Å²) in [6.07, 6.45) is 2.93. The fourth-order valence-corrected chi connectivity index (χ4v) is 2.09. The third-order valence-corrected chi connectivity index (χ3v) is 3.15. The van der Waals surface area contributed by atoms with E-state index in [1.165, 1.54) is 0 Å². The molecule has 16 heavy (non-hydrogen) atoms. The van der Waals surface area contributed by atoms with Gasteiger partial charge in [0.05, 0.1) is 6.04 Å². The number of carbonyl (C=O) groups is 1. The zero-order valence-corrected chi connectivity index (χ0v) is 10.7. The molecule has 1 N–H and O–H groups in total. The lowest BCUT2D eigenvalue weighted by Gasteiger charge is -2.24. The van der Waals surface area contributed by atoms with Gasteiger partial charge in [-0.1, -0.05) is 6.92 Å². The molecule has 0 saturated carbocycles. The molecular formula is C12H24N2O2. The minimum Gasteiger partial charge on any atom is -0.385 e. The van der Waals surface area contributed by atoms with Crippen LogP contribution < -0.4 is 5.32 Å². The Morgan fingerprint density at radius 1 is 1.62 bits per heavy atom. The van der Waals surface area contributed by atoms with Crippen molar-refractivity contribution in [3.05, 3.63) is 0 Å². The van der Waals surface area contributed by atoms with Gasteiger partial charge < -0.3 is 15.0 Å². The van der Waals surface area contributed by atoms with E-state index in [0.717, 1.165) is 39.0 Å². The van der Waals surface area contributed by atoms with Crippen LogP contribution in [-0.2, 0) is 9.53 Å². The molecule has 0 aromatic heterocycles. The fraction of sp³-hybridized carbons (Fsp3) is 0.917.